The van der Waals surface area contributed by atoms with Gasteiger partial charge in [0.05, 0.1) is 5.56 Å². The molecule has 1 N–H and O–H groups in total. The van der Waals surface area contributed by atoms with Crippen molar-refractivity contribution in [3.05, 3.63) is 42.2 Å². The summed E-state index contributed by atoms with van der Waals surface area (Å²) in [5.41, 5.74) is 0.830. The van der Waals surface area contributed by atoms with Crippen LogP contribution >= 0.6 is 0 Å². The van der Waals surface area contributed by atoms with Gasteiger partial charge in [0.15, 0.2) is 0 Å². The number of carboxylic acids is 1. The quantitative estimate of drug-likeness (QED) is 0.878. The van der Waals surface area contributed by atoms with Gasteiger partial charge >= 0.3 is 5.97 Å². The molecule has 1 aromatic heterocycles. The molecule has 0 aliphatic heterocycles. The Bertz CT molecular complexity index is 549. The van der Waals surface area contributed by atoms with E-state index in [2.05, 4.69) is 4.98 Å². The van der Waals surface area contributed by atoms with E-state index in [1.54, 1.807) is 41.2 Å². The third-order valence-corrected chi connectivity index (χ3v) is 2.55. The Balaban J connectivity index is 2.42. The van der Waals surface area contributed by atoms with Crippen molar-refractivity contribution in [3.63, 3.8) is 0 Å². The van der Waals surface area contributed by atoms with Crippen LogP contribution in [0.4, 0.5) is 0 Å². The number of ether oxygens (including phenoxy) is 1. The lowest BCUT2D eigenvalue weighted by Gasteiger charge is -2.09. The minimum Gasteiger partial charge on any atom is -0.478 e. The molecule has 2 aromatic rings. The van der Waals surface area contributed by atoms with Crippen LogP contribution in [0.2, 0.25) is 0 Å². The maximum atomic E-state index is 11.2. The number of carbonyl (C=O) groups is 1. The van der Waals surface area contributed by atoms with Gasteiger partial charge in [0.2, 0.25) is 0 Å². The number of hydrogen-bond acceptors (Lipinski definition) is 3. The van der Waals surface area contributed by atoms with Gasteiger partial charge in [0.1, 0.15) is 12.6 Å². The van der Waals surface area contributed by atoms with Gasteiger partial charge in [0.25, 0.3) is 0 Å². The largest absolute Gasteiger partial charge is 0.478 e. The average Bonchev–Trinajstić information content (AvgIpc) is 2.84. The summed E-state index contributed by atoms with van der Waals surface area (Å²) in [4.78, 5) is 15.4. The molecular formula is C13H14N2O3. The molecule has 0 saturated carbocycles. The normalized spacial score (nSPS) is 10.5. The molecule has 5 nitrogen and oxygen atoms in total. The Morgan fingerprint density at radius 1 is 1.44 bits per heavy atom. The smallest absolute Gasteiger partial charge is 0.336 e. The number of nitrogens with zero attached hydrogens (tertiary/aromatic N) is 2. The lowest BCUT2D eigenvalue weighted by atomic mass is 10.1. The van der Waals surface area contributed by atoms with Crippen LogP contribution in [0, 0.1) is 0 Å². The monoisotopic (exact) mass is 246 g/mol. The Morgan fingerprint density at radius 3 is 2.94 bits per heavy atom. The van der Waals surface area contributed by atoms with Crippen LogP contribution < -0.4 is 0 Å². The van der Waals surface area contributed by atoms with Crippen LogP contribution in [0.3, 0.4) is 0 Å². The molecule has 0 unspecified atom stereocenters. The highest BCUT2D eigenvalue weighted by atomic mass is 16.5. The zero-order valence-corrected chi connectivity index (χ0v) is 10.0. The first-order valence-corrected chi connectivity index (χ1v) is 5.65. The minimum absolute atomic E-state index is 0.237. The molecule has 18 heavy (non-hydrogen) atoms. The zero-order chi connectivity index (χ0) is 13.0. The molecule has 0 bridgehead atoms. The number of rotatable bonds is 5. The number of hydrogen-bond donors (Lipinski definition) is 1. The fraction of sp³-hybridized carbons (Fsp3) is 0.231. The molecule has 0 spiro atoms. The van der Waals surface area contributed by atoms with Crippen molar-refractivity contribution in [1.29, 1.82) is 0 Å². The first kappa shape index (κ1) is 12.3. The van der Waals surface area contributed by atoms with Crippen molar-refractivity contribution in [3.8, 4) is 11.4 Å². The maximum Gasteiger partial charge on any atom is 0.336 e. The van der Waals surface area contributed by atoms with E-state index in [0.717, 1.165) is 0 Å². The lowest BCUT2D eigenvalue weighted by Crippen LogP contribution is -2.06. The van der Waals surface area contributed by atoms with Gasteiger partial charge in [-0.25, -0.2) is 9.78 Å². The summed E-state index contributed by atoms with van der Waals surface area (Å²) in [5.74, 6) is -0.363. The van der Waals surface area contributed by atoms with E-state index < -0.39 is 5.97 Å². The van der Waals surface area contributed by atoms with Crippen molar-refractivity contribution in [2.24, 2.45) is 0 Å². The van der Waals surface area contributed by atoms with E-state index in [1.807, 2.05) is 6.92 Å². The Labute approximate surface area is 105 Å². The molecule has 0 fully saturated rings. The predicted molar refractivity (Wildman–Crippen MR) is 66.2 cm³/mol. The molecule has 94 valence electrons. The van der Waals surface area contributed by atoms with Gasteiger partial charge in [-0.3, -0.25) is 0 Å². The van der Waals surface area contributed by atoms with E-state index in [4.69, 9.17) is 9.84 Å². The van der Waals surface area contributed by atoms with Gasteiger partial charge in [-0.15, -0.1) is 0 Å². The molecule has 0 atom stereocenters. The molecule has 0 aliphatic carbocycles. The molecule has 0 saturated heterocycles. The summed E-state index contributed by atoms with van der Waals surface area (Å²) in [6.07, 6.45) is 3.40. The molecule has 1 aromatic carbocycles. The standard InChI is InChI=1S/C13H14N2O3/c1-2-18-9-15-8-7-14-12(15)10-5-3-4-6-11(10)13(16)17/h3-8H,2,9H2,1H3,(H,16,17). The second-order valence-electron chi connectivity index (χ2n) is 3.69. The van der Waals surface area contributed by atoms with Crippen molar-refractivity contribution in [2.75, 3.05) is 6.61 Å². The third kappa shape index (κ3) is 2.41. The highest BCUT2D eigenvalue weighted by Crippen LogP contribution is 2.22. The Hall–Kier alpha value is -2.14. The molecular weight excluding hydrogens is 232 g/mol. The number of aromatic carboxylic acids is 1. The van der Waals surface area contributed by atoms with Crippen LogP contribution in [0.25, 0.3) is 11.4 Å². The summed E-state index contributed by atoms with van der Waals surface area (Å²) < 4.78 is 7.10. The molecule has 1 heterocycles. The molecule has 2 rings (SSSR count). The van der Waals surface area contributed by atoms with Crippen LogP contribution in [0.5, 0.6) is 0 Å². The number of benzene rings is 1. The maximum absolute atomic E-state index is 11.2. The summed E-state index contributed by atoms with van der Waals surface area (Å²) in [6, 6.07) is 6.80. The summed E-state index contributed by atoms with van der Waals surface area (Å²) in [5, 5.41) is 9.16. The van der Waals surface area contributed by atoms with Crippen molar-refractivity contribution < 1.29 is 14.6 Å². The van der Waals surface area contributed by atoms with E-state index in [9.17, 15) is 4.79 Å². The van der Waals surface area contributed by atoms with Crippen molar-refractivity contribution >= 4 is 5.97 Å². The predicted octanol–water partition coefficient (Wildman–Crippen LogP) is 2.24. The van der Waals surface area contributed by atoms with Crippen molar-refractivity contribution in [1.82, 2.24) is 9.55 Å². The molecule has 0 radical (unpaired) electrons. The summed E-state index contributed by atoms with van der Waals surface area (Å²) in [6.45, 7) is 2.86. The lowest BCUT2D eigenvalue weighted by molar-refractivity contribution is 0.0697. The number of aromatic nitrogens is 2. The zero-order valence-electron chi connectivity index (χ0n) is 10.0. The summed E-state index contributed by atoms with van der Waals surface area (Å²) in [7, 11) is 0. The molecule has 0 amide bonds. The average molecular weight is 246 g/mol. The van der Waals surface area contributed by atoms with Gasteiger partial charge in [-0.2, -0.15) is 0 Å². The Kier molecular flexibility index (Phi) is 3.74. The van der Waals surface area contributed by atoms with Crippen molar-refractivity contribution in [2.45, 2.75) is 13.7 Å². The first-order chi connectivity index (χ1) is 8.74. The number of imidazole rings is 1. The fourth-order valence-corrected chi connectivity index (χ4v) is 1.71. The molecule has 5 heteroatoms. The van der Waals surface area contributed by atoms with Gasteiger partial charge in [-0.1, -0.05) is 18.2 Å². The van der Waals surface area contributed by atoms with E-state index in [-0.39, 0.29) is 5.56 Å². The van der Waals surface area contributed by atoms with E-state index >= 15 is 0 Å². The van der Waals surface area contributed by atoms with E-state index in [1.165, 1.54) is 0 Å². The second-order valence-corrected chi connectivity index (χ2v) is 3.69. The second kappa shape index (κ2) is 5.46. The molecule has 0 aliphatic rings. The van der Waals surface area contributed by atoms with Gasteiger partial charge < -0.3 is 14.4 Å². The fourth-order valence-electron chi connectivity index (χ4n) is 1.71. The van der Waals surface area contributed by atoms with Crippen LogP contribution in [-0.2, 0) is 11.5 Å². The van der Waals surface area contributed by atoms with Crippen LogP contribution in [-0.4, -0.2) is 27.2 Å². The van der Waals surface area contributed by atoms with Gasteiger partial charge in [-0.05, 0) is 13.0 Å². The number of carboxylic acid groups (broad SMARTS) is 1. The highest BCUT2D eigenvalue weighted by molar-refractivity contribution is 5.94. The highest BCUT2D eigenvalue weighted by Gasteiger charge is 2.14. The third-order valence-electron chi connectivity index (χ3n) is 2.55. The SMILES string of the molecule is CCOCn1ccnc1-c1ccccc1C(=O)O. The Morgan fingerprint density at radius 2 is 2.22 bits per heavy atom. The van der Waals surface area contributed by atoms with Gasteiger partial charge in [0, 0.05) is 24.6 Å². The van der Waals surface area contributed by atoms with Crippen LogP contribution in [0.1, 0.15) is 17.3 Å². The summed E-state index contributed by atoms with van der Waals surface area (Å²) >= 11 is 0. The van der Waals surface area contributed by atoms with Crippen LogP contribution in [0.15, 0.2) is 36.7 Å². The minimum atomic E-state index is -0.962. The first-order valence-electron chi connectivity index (χ1n) is 5.65. The van der Waals surface area contributed by atoms with E-state index in [0.29, 0.717) is 24.7 Å². The topological polar surface area (TPSA) is 64.4 Å².